The molecule has 0 atom stereocenters. The van der Waals surface area contributed by atoms with Crippen LogP contribution in [0.15, 0.2) is 21.9 Å². The summed E-state index contributed by atoms with van der Waals surface area (Å²) < 4.78 is 85.1. The van der Waals surface area contributed by atoms with E-state index in [0.717, 1.165) is 12.1 Å². The molecule has 0 aliphatic rings. The zero-order chi connectivity index (χ0) is 17.3. The Bertz CT molecular complexity index is 760. The molecule has 0 amide bonds. The fourth-order valence-electron chi connectivity index (χ4n) is 1.75. The van der Waals surface area contributed by atoms with Crippen molar-refractivity contribution in [3.05, 3.63) is 23.3 Å². The molecule has 0 aromatic heterocycles. The number of hydrogen-bond acceptors (Lipinski definition) is 8. The van der Waals surface area contributed by atoms with Crippen molar-refractivity contribution < 1.29 is 39.2 Å². The van der Waals surface area contributed by atoms with Crippen molar-refractivity contribution >= 4 is 31.1 Å². The van der Waals surface area contributed by atoms with Crippen LogP contribution in [0.1, 0.15) is 11.1 Å². The van der Waals surface area contributed by atoms with E-state index in [1.807, 2.05) is 0 Å². The van der Waals surface area contributed by atoms with Crippen LogP contribution in [0, 0.1) is 13.8 Å². The number of benzene rings is 1. The standard InChI is InChI=1S/C10H16O9S3/c1-7-6-10(21(13,14)15)8(2)5-9(7)20(11,12)4-3-19-22(16,17)18/h5-6,13-15H,3-4H2,1-2H3,(H,16,17,18). The van der Waals surface area contributed by atoms with E-state index in [4.69, 9.17) is 4.55 Å². The first-order valence-electron chi connectivity index (χ1n) is 5.70. The minimum Gasteiger partial charge on any atom is -0.304 e. The van der Waals surface area contributed by atoms with E-state index in [2.05, 4.69) is 4.18 Å². The van der Waals surface area contributed by atoms with Gasteiger partial charge in [-0.15, -0.1) is 0 Å². The maximum absolute atomic E-state index is 12.1. The van der Waals surface area contributed by atoms with Gasteiger partial charge in [0.25, 0.3) is 0 Å². The fourth-order valence-corrected chi connectivity index (χ4v) is 4.41. The van der Waals surface area contributed by atoms with Crippen molar-refractivity contribution in [1.29, 1.82) is 0 Å². The first kappa shape index (κ1) is 19.3. The van der Waals surface area contributed by atoms with Crippen LogP contribution in [0.2, 0.25) is 0 Å². The van der Waals surface area contributed by atoms with Crippen LogP contribution in [-0.2, 0) is 24.4 Å². The molecular formula is C10H16O9S3. The summed E-state index contributed by atoms with van der Waals surface area (Å²) in [6, 6.07) is 2.26. The number of aryl methyl sites for hydroxylation is 2. The summed E-state index contributed by atoms with van der Waals surface area (Å²) in [5.41, 5.74) is 0.281. The number of hydrogen-bond donors (Lipinski definition) is 4. The van der Waals surface area contributed by atoms with Crippen LogP contribution in [0.3, 0.4) is 0 Å². The van der Waals surface area contributed by atoms with Crippen molar-refractivity contribution in [3.8, 4) is 0 Å². The van der Waals surface area contributed by atoms with Gasteiger partial charge in [-0.3, -0.25) is 4.55 Å². The lowest BCUT2D eigenvalue weighted by atomic mass is 10.2. The molecule has 1 aromatic carbocycles. The molecule has 9 nitrogen and oxygen atoms in total. The first-order chi connectivity index (χ1) is 9.74. The van der Waals surface area contributed by atoms with Crippen molar-refractivity contribution in [2.24, 2.45) is 0 Å². The zero-order valence-electron chi connectivity index (χ0n) is 11.6. The normalized spacial score (nSPS) is 14.1. The molecule has 1 rings (SSSR count). The molecule has 0 unspecified atom stereocenters. The first-order valence-corrected chi connectivity index (χ1v) is 10.2. The van der Waals surface area contributed by atoms with E-state index in [1.165, 1.54) is 13.8 Å². The Morgan fingerprint density at radius 1 is 0.909 bits per heavy atom. The molecule has 0 fully saturated rings. The Kier molecular flexibility index (Phi) is 5.63. The van der Waals surface area contributed by atoms with Crippen molar-refractivity contribution in [2.75, 3.05) is 12.4 Å². The molecule has 0 bridgehead atoms. The Balaban J connectivity index is 3.14. The van der Waals surface area contributed by atoms with E-state index in [0.29, 0.717) is 0 Å². The van der Waals surface area contributed by atoms with Crippen LogP contribution in [-0.4, -0.2) is 47.4 Å². The fraction of sp³-hybridized carbons (Fsp3) is 0.400. The Labute approximate surface area is 130 Å². The highest BCUT2D eigenvalue weighted by Gasteiger charge is 2.24. The molecular weight excluding hydrogens is 360 g/mol. The van der Waals surface area contributed by atoms with Crippen LogP contribution in [0.4, 0.5) is 0 Å². The minimum absolute atomic E-state index is 0.140. The van der Waals surface area contributed by atoms with Crippen LogP contribution >= 0.6 is 10.9 Å². The summed E-state index contributed by atoms with van der Waals surface area (Å²) in [4.78, 5) is -0.366. The van der Waals surface area contributed by atoms with E-state index < -0.39 is 43.5 Å². The van der Waals surface area contributed by atoms with Crippen LogP contribution in [0.5, 0.6) is 0 Å². The maximum atomic E-state index is 12.1. The molecule has 4 N–H and O–H groups in total. The second-order valence-corrected chi connectivity index (χ2v) is 9.12. The third-order valence-corrected chi connectivity index (χ3v) is 6.00. The highest BCUT2D eigenvalue weighted by atomic mass is 32.3. The lowest BCUT2D eigenvalue weighted by molar-refractivity contribution is 0.284. The summed E-state index contributed by atoms with van der Waals surface area (Å²) in [7, 11) is -12.7. The SMILES string of the molecule is Cc1cc(S(=O)(=O)CCOS(=O)(=O)O)c(C)cc1S(O)(O)O. The minimum atomic E-state index is -4.73. The van der Waals surface area contributed by atoms with Gasteiger partial charge >= 0.3 is 10.4 Å². The summed E-state index contributed by atoms with van der Waals surface area (Å²) in [5.74, 6) is -0.707. The second-order valence-electron chi connectivity index (χ2n) is 4.47. The monoisotopic (exact) mass is 376 g/mol. The average Bonchev–Trinajstić information content (AvgIpc) is 2.28. The third-order valence-electron chi connectivity index (χ3n) is 2.69. The van der Waals surface area contributed by atoms with E-state index in [9.17, 15) is 30.5 Å². The highest BCUT2D eigenvalue weighted by Crippen LogP contribution is 2.46. The lowest BCUT2D eigenvalue weighted by Gasteiger charge is -2.22. The Morgan fingerprint density at radius 2 is 1.36 bits per heavy atom. The highest BCUT2D eigenvalue weighted by molar-refractivity contribution is 8.19. The molecule has 22 heavy (non-hydrogen) atoms. The smallest absolute Gasteiger partial charge is 0.304 e. The van der Waals surface area contributed by atoms with Gasteiger partial charge in [-0.05, 0) is 37.1 Å². The topological polar surface area (TPSA) is 158 Å². The van der Waals surface area contributed by atoms with Crippen molar-refractivity contribution in [1.82, 2.24) is 0 Å². The summed E-state index contributed by atoms with van der Waals surface area (Å²) in [5, 5.41) is 0. The summed E-state index contributed by atoms with van der Waals surface area (Å²) >= 11 is 0. The summed E-state index contributed by atoms with van der Waals surface area (Å²) in [6.45, 7) is 1.99. The predicted octanol–water partition coefficient (Wildman–Crippen LogP) is 1.48. The van der Waals surface area contributed by atoms with Gasteiger partial charge in [-0.2, -0.15) is 8.42 Å². The van der Waals surface area contributed by atoms with Gasteiger partial charge in [0.1, 0.15) is 10.9 Å². The Hall–Kier alpha value is -0.730. The van der Waals surface area contributed by atoms with Gasteiger partial charge in [-0.1, -0.05) is 0 Å². The van der Waals surface area contributed by atoms with Crippen molar-refractivity contribution in [2.45, 2.75) is 23.6 Å². The second kappa shape index (κ2) is 6.41. The largest absolute Gasteiger partial charge is 0.397 e. The third kappa shape index (κ3) is 5.17. The molecule has 0 heterocycles. The van der Waals surface area contributed by atoms with E-state index in [1.54, 1.807) is 0 Å². The number of rotatable bonds is 6. The van der Waals surface area contributed by atoms with Crippen LogP contribution in [0.25, 0.3) is 0 Å². The average molecular weight is 376 g/mol. The molecule has 0 saturated carbocycles. The van der Waals surface area contributed by atoms with E-state index in [-0.39, 0.29) is 20.9 Å². The molecule has 0 radical (unpaired) electrons. The van der Waals surface area contributed by atoms with Gasteiger partial charge in [-0.25, -0.2) is 12.6 Å². The lowest BCUT2D eigenvalue weighted by Crippen LogP contribution is -2.16. The molecule has 0 aliphatic carbocycles. The molecule has 0 spiro atoms. The van der Waals surface area contributed by atoms with Crippen molar-refractivity contribution in [3.63, 3.8) is 0 Å². The zero-order valence-corrected chi connectivity index (χ0v) is 14.1. The molecule has 12 heteroatoms. The van der Waals surface area contributed by atoms with Crippen LogP contribution < -0.4 is 0 Å². The number of sulfone groups is 1. The predicted molar refractivity (Wildman–Crippen MR) is 79.2 cm³/mol. The molecule has 0 saturated heterocycles. The maximum Gasteiger partial charge on any atom is 0.397 e. The van der Waals surface area contributed by atoms with Gasteiger partial charge in [0.15, 0.2) is 9.84 Å². The molecule has 128 valence electrons. The Morgan fingerprint density at radius 3 is 1.82 bits per heavy atom. The molecule has 1 aromatic rings. The van der Waals surface area contributed by atoms with Gasteiger partial charge in [0.2, 0.25) is 0 Å². The summed E-state index contributed by atoms with van der Waals surface area (Å²) in [6.07, 6.45) is 0. The van der Waals surface area contributed by atoms with E-state index >= 15 is 0 Å². The quantitative estimate of drug-likeness (QED) is 0.539. The van der Waals surface area contributed by atoms with Gasteiger partial charge in [0, 0.05) is 0 Å². The molecule has 0 aliphatic heterocycles. The van der Waals surface area contributed by atoms with Gasteiger partial charge in [0.05, 0.1) is 22.2 Å². The van der Waals surface area contributed by atoms with Gasteiger partial charge < -0.3 is 13.7 Å².